The van der Waals surface area contributed by atoms with E-state index < -0.39 is 11.7 Å². The summed E-state index contributed by atoms with van der Waals surface area (Å²) in [6.07, 6.45) is -0.873. The van der Waals surface area contributed by atoms with Crippen LogP contribution in [0, 0.1) is 5.92 Å². The van der Waals surface area contributed by atoms with Crippen LogP contribution in [0.4, 0.5) is 13.2 Å². The zero-order chi connectivity index (χ0) is 22.7. The van der Waals surface area contributed by atoms with Crippen LogP contribution in [0.1, 0.15) is 47.1 Å². The summed E-state index contributed by atoms with van der Waals surface area (Å²) in [7, 11) is 1.90. The lowest BCUT2D eigenvalue weighted by molar-refractivity contribution is -0.136. The fourth-order valence-corrected chi connectivity index (χ4v) is 4.80. The molecule has 0 saturated heterocycles. The van der Waals surface area contributed by atoms with E-state index in [1.54, 1.807) is 12.4 Å². The van der Waals surface area contributed by atoms with Gasteiger partial charge < -0.3 is 8.98 Å². The Morgan fingerprint density at radius 2 is 2.00 bits per heavy atom. The van der Waals surface area contributed by atoms with Crippen molar-refractivity contribution in [1.29, 1.82) is 0 Å². The molecule has 4 aromatic rings. The van der Waals surface area contributed by atoms with E-state index in [0.29, 0.717) is 17.8 Å². The molecule has 5 rings (SSSR count). The number of carbonyl (C=O) groups excluding carboxylic acids is 1. The lowest BCUT2D eigenvalue weighted by Gasteiger charge is -2.46. The highest BCUT2D eigenvalue weighted by Gasteiger charge is 2.48. The predicted octanol–water partition coefficient (Wildman–Crippen LogP) is 5.17. The quantitative estimate of drug-likeness (QED) is 0.409. The van der Waals surface area contributed by atoms with Crippen molar-refractivity contribution in [2.24, 2.45) is 13.0 Å². The Bertz CT molecular complexity index is 1330. The van der Waals surface area contributed by atoms with Gasteiger partial charge in [0.2, 0.25) is 5.89 Å². The molecule has 0 spiro atoms. The van der Waals surface area contributed by atoms with Crippen LogP contribution in [0.3, 0.4) is 0 Å². The lowest BCUT2D eigenvalue weighted by atomic mass is 9.58. The van der Waals surface area contributed by atoms with E-state index in [1.165, 1.54) is 6.07 Å². The van der Waals surface area contributed by atoms with Crippen LogP contribution >= 0.6 is 0 Å². The summed E-state index contributed by atoms with van der Waals surface area (Å²) in [5.74, 6) is 1.42. The number of aryl methyl sites for hydroxylation is 1. The molecule has 0 radical (unpaired) electrons. The van der Waals surface area contributed by atoms with Crippen LogP contribution in [0.2, 0.25) is 0 Å². The molecule has 32 heavy (non-hydrogen) atoms. The van der Waals surface area contributed by atoms with E-state index in [0.717, 1.165) is 30.3 Å². The molecule has 9 heteroatoms. The highest BCUT2D eigenvalue weighted by atomic mass is 19.4. The van der Waals surface area contributed by atoms with Gasteiger partial charge in [0.15, 0.2) is 5.58 Å². The summed E-state index contributed by atoms with van der Waals surface area (Å²) in [6, 6.07) is 9.52. The van der Waals surface area contributed by atoms with Crippen LogP contribution < -0.4 is 0 Å². The minimum atomic E-state index is -4.67. The molecule has 0 atom stereocenters. The van der Waals surface area contributed by atoms with Crippen molar-refractivity contribution >= 4 is 17.4 Å². The second kappa shape index (κ2) is 7.01. The smallest absolute Gasteiger partial charge is 0.420 e. The number of benzene rings is 2. The van der Waals surface area contributed by atoms with Gasteiger partial charge in [-0.05, 0) is 48.6 Å². The van der Waals surface area contributed by atoms with Gasteiger partial charge in [-0.3, -0.25) is 4.79 Å². The number of carbonyl (C=O) groups is 1. The molecule has 2 heterocycles. The number of aldehydes is 1. The van der Waals surface area contributed by atoms with Crippen molar-refractivity contribution in [1.82, 2.24) is 19.7 Å². The van der Waals surface area contributed by atoms with Gasteiger partial charge in [-0.25, -0.2) is 4.98 Å². The minimum Gasteiger partial charge on any atom is -0.435 e. The summed E-state index contributed by atoms with van der Waals surface area (Å²) in [4.78, 5) is 15.4. The summed E-state index contributed by atoms with van der Waals surface area (Å²) in [5.41, 5.74) is -0.310. The minimum absolute atomic E-state index is 0.0115. The predicted molar refractivity (Wildman–Crippen MR) is 110 cm³/mol. The molecular formula is C23H19F3N4O2. The molecule has 2 aromatic carbocycles. The van der Waals surface area contributed by atoms with Gasteiger partial charge in [0.05, 0.1) is 5.41 Å². The van der Waals surface area contributed by atoms with Gasteiger partial charge >= 0.3 is 6.18 Å². The lowest BCUT2D eigenvalue weighted by Crippen LogP contribution is -2.43. The van der Waals surface area contributed by atoms with Crippen LogP contribution in [0.5, 0.6) is 0 Å². The molecule has 0 N–H and O–H groups in total. The number of oxazole rings is 1. The fraction of sp³-hybridized carbons (Fsp3) is 0.304. The second-order valence-electron chi connectivity index (χ2n) is 8.49. The van der Waals surface area contributed by atoms with Gasteiger partial charge in [0, 0.05) is 18.2 Å². The number of rotatable bonds is 4. The van der Waals surface area contributed by atoms with E-state index >= 15 is 0 Å². The maximum Gasteiger partial charge on any atom is 0.420 e. The first-order valence-corrected chi connectivity index (χ1v) is 10.1. The van der Waals surface area contributed by atoms with Crippen LogP contribution in [-0.2, 0) is 18.6 Å². The van der Waals surface area contributed by atoms with Crippen molar-refractivity contribution in [2.75, 3.05) is 0 Å². The Labute approximate surface area is 181 Å². The number of halogens is 3. The van der Waals surface area contributed by atoms with Crippen LogP contribution in [0.25, 0.3) is 22.6 Å². The Morgan fingerprint density at radius 1 is 1.22 bits per heavy atom. The molecular weight excluding hydrogens is 421 g/mol. The normalized spacial score (nSPS) is 21.0. The third-order valence-electron chi connectivity index (χ3n) is 6.15. The number of hydrogen-bond acceptors (Lipinski definition) is 5. The molecule has 0 aliphatic heterocycles. The molecule has 2 aromatic heterocycles. The molecule has 1 fully saturated rings. The van der Waals surface area contributed by atoms with Gasteiger partial charge in [-0.2, -0.15) is 13.2 Å². The van der Waals surface area contributed by atoms with E-state index in [-0.39, 0.29) is 28.0 Å². The zero-order valence-corrected chi connectivity index (χ0v) is 17.3. The van der Waals surface area contributed by atoms with Gasteiger partial charge in [0.25, 0.3) is 0 Å². The first kappa shape index (κ1) is 20.4. The number of nitrogens with zero attached hydrogens (tertiary/aromatic N) is 4. The van der Waals surface area contributed by atoms with Crippen molar-refractivity contribution in [2.45, 2.75) is 31.4 Å². The molecule has 0 amide bonds. The topological polar surface area (TPSA) is 73.8 Å². The highest BCUT2D eigenvalue weighted by Crippen LogP contribution is 2.52. The molecule has 1 aliphatic rings. The van der Waals surface area contributed by atoms with E-state index in [2.05, 4.69) is 22.1 Å². The van der Waals surface area contributed by atoms with E-state index in [4.69, 9.17) is 4.42 Å². The van der Waals surface area contributed by atoms with Gasteiger partial charge in [0.1, 0.15) is 29.5 Å². The third-order valence-corrected chi connectivity index (χ3v) is 6.15. The van der Waals surface area contributed by atoms with Crippen LogP contribution in [-0.4, -0.2) is 26.0 Å². The maximum absolute atomic E-state index is 13.5. The van der Waals surface area contributed by atoms with E-state index in [9.17, 15) is 18.0 Å². The maximum atomic E-state index is 13.5. The second-order valence-corrected chi connectivity index (χ2v) is 8.49. The third kappa shape index (κ3) is 3.11. The van der Waals surface area contributed by atoms with Crippen molar-refractivity contribution in [3.05, 3.63) is 65.2 Å². The molecule has 6 nitrogen and oxygen atoms in total. The largest absolute Gasteiger partial charge is 0.435 e. The molecule has 0 bridgehead atoms. The Kier molecular flexibility index (Phi) is 4.47. The Hall–Kier alpha value is -3.49. The number of hydrogen-bond donors (Lipinski definition) is 0. The Morgan fingerprint density at radius 3 is 2.62 bits per heavy atom. The zero-order valence-electron chi connectivity index (χ0n) is 17.3. The Balaban J connectivity index is 1.64. The highest BCUT2D eigenvalue weighted by molar-refractivity contribution is 5.87. The van der Waals surface area contributed by atoms with Gasteiger partial charge in [-0.15, -0.1) is 10.2 Å². The first-order valence-electron chi connectivity index (χ1n) is 10.1. The first-order chi connectivity index (χ1) is 15.2. The average molecular weight is 440 g/mol. The monoisotopic (exact) mass is 440 g/mol. The summed E-state index contributed by atoms with van der Waals surface area (Å²) in [6.45, 7) is 2.17. The molecule has 1 aliphatic carbocycles. The number of fused-ring (bicyclic) bond motifs is 1. The van der Waals surface area contributed by atoms with Crippen molar-refractivity contribution in [3.8, 4) is 11.5 Å². The number of alkyl halides is 3. The standard InChI is InChI=1S/C23H19F3N4O2/c1-13-9-22(10-13,21-29-27-12-30(21)2)16-5-3-4-15(8-16)20-28-18-7-14(11-31)6-17(19(18)32-20)23(24,25)26/h3-8,11-13H,9-10H2,1-2H3. The summed E-state index contributed by atoms with van der Waals surface area (Å²) >= 11 is 0. The average Bonchev–Trinajstić information content (AvgIpc) is 3.36. The molecule has 164 valence electrons. The van der Waals surface area contributed by atoms with Crippen molar-refractivity contribution < 1.29 is 22.4 Å². The molecule has 0 unspecified atom stereocenters. The van der Waals surface area contributed by atoms with Crippen LogP contribution in [0.15, 0.2) is 47.1 Å². The SMILES string of the molecule is CC1CC(c2cccc(-c3nc4cc(C=O)cc(C(F)(F)F)c4o3)c2)(c2nncn2C)C1. The molecule has 1 saturated carbocycles. The summed E-state index contributed by atoms with van der Waals surface area (Å²) < 4.78 is 48.1. The van der Waals surface area contributed by atoms with Crippen molar-refractivity contribution in [3.63, 3.8) is 0 Å². The fourth-order valence-electron chi connectivity index (χ4n) is 4.80. The van der Waals surface area contributed by atoms with E-state index in [1.807, 2.05) is 29.8 Å². The number of aromatic nitrogens is 4. The van der Waals surface area contributed by atoms with Gasteiger partial charge in [-0.1, -0.05) is 19.1 Å². The summed E-state index contributed by atoms with van der Waals surface area (Å²) in [5, 5.41) is 8.36.